The first-order valence-corrected chi connectivity index (χ1v) is 15.3. The molecule has 0 spiro atoms. The smallest absolute Gasteiger partial charge is 0.276 e. The number of hydrogen-bond donors (Lipinski definition) is 1. The van der Waals surface area contributed by atoms with Gasteiger partial charge in [-0.3, -0.25) is 19.1 Å². The normalized spacial score (nSPS) is 15.0. The van der Waals surface area contributed by atoms with Gasteiger partial charge in [-0.2, -0.15) is 5.26 Å². The van der Waals surface area contributed by atoms with Crippen LogP contribution in [0.5, 0.6) is 5.75 Å². The predicted octanol–water partition coefficient (Wildman–Crippen LogP) is 6.92. The molecule has 238 valence electrons. The van der Waals surface area contributed by atoms with Crippen molar-refractivity contribution < 1.29 is 18.7 Å². The number of phenolic OH excluding ortho intramolecular Hbond substituents is 1. The summed E-state index contributed by atoms with van der Waals surface area (Å²) in [5, 5.41) is 19.6. The molecule has 1 atom stereocenters. The number of nitriles is 1. The average molecular weight is 688 g/mol. The van der Waals surface area contributed by atoms with Crippen LogP contribution in [-0.2, 0) is 4.79 Å². The van der Waals surface area contributed by atoms with Crippen molar-refractivity contribution in [2.45, 2.75) is 39.7 Å². The van der Waals surface area contributed by atoms with Crippen molar-refractivity contribution in [3.63, 3.8) is 0 Å². The third kappa shape index (κ3) is 5.24. The minimum Gasteiger partial charge on any atom is -0.506 e. The molecule has 14 heteroatoms. The van der Waals surface area contributed by atoms with Gasteiger partial charge in [0, 0.05) is 37.3 Å². The number of aromatic hydroxyl groups is 1. The van der Waals surface area contributed by atoms with Crippen LogP contribution in [0.25, 0.3) is 28.0 Å². The number of hydrogen-bond acceptors (Lipinski definition) is 7. The number of halogens is 5. The molecule has 1 amide bonds. The van der Waals surface area contributed by atoms with Crippen LogP contribution in [0.15, 0.2) is 35.8 Å². The lowest BCUT2D eigenvalue weighted by Crippen LogP contribution is -2.54. The van der Waals surface area contributed by atoms with Crippen molar-refractivity contribution in [3.05, 3.63) is 84.9 Å². The van der Waals surface area contributed by atoms with E-state index in [0.29, 0.717) is 16.9 Å². The fraction of sp³-hybridized carbons (Fsp3) is 0.281. The number of carbonyl (C=O) groups is 1. The lowest BCUT2D eigenvalue weighted by Gasteiger charge is -2.41. The van der Waals surface area contributed by atoms with Crippen LogP contribution in [0, 0.1) is 29.9 Å². The van der Waals surface area contributed by atoms with Crippen LogP contribution in [0.3, 0.4) is 0 Å². The third-order valence-electron chi connectivity index (χ3n) is 7.99. The molecule has 1 saturated heterocycles. The SMILES string of the molecule is C=CC(=O)N1CCN(c2c(C#N)c(=O)n(-c3c(C)ccnc3C(C)C)c3nc(-c4c(O)c(Cl)c(F)c(F)c4Cl)c(Cl)cc23)C[C@H]1C. The van der Waals surface area contributed by atoms with Gasteiger partial charge in [0.2, 0.25) is 5.91 Å². The molecule has 5 rings (SSSR count). The summed E-state index contributed by atoms with van der Waals surface area (Å²) < 4.78 is 30.4. The summed E-state index contributed by atoms with van der Waals surface area (Å²) in [6.07, 6.45) is 2.82. The van der Waals surface area contributed by atoms with E-state index in [4.69, 9.17) is 34.8 Å². The Balaban J connectivity index is 1.94. The van der Waals surface area contributed by atoms with E-state index >= 15 is 0 Å². The first-order valence-electron chi connectivity index (χ1n) is 14.1. The number of aromatic nitrogens is 3. The van der Waals surface area contributed by atoms with Crippen molar-refractivity contribution in [1.82, 2.24) is 19.4 Å². The van der Waals surface area contributed by atoms with Gasteiger partial charge in [0.15, 0.2) is 11.6 Å². The van der Waals surface area contributed by atoms with Crippen LogP contribution >= 0.6 is 34.8 Å². The fourth-order valence-electron chi connectivity index (χ4n) is 5.81. The summed E-state index contributed by atoms with van der Waals surface area (Å²) >= 11 is 18.8. The van der Waals surface area contributed by atoms with Gasteiger partial charge in [0.25, 0.3) is 5.56 Å². The number of amides is 1. The zero-order valence-electron chi connectivity index (χ0n) is 25.1. The second-order valence-corrected chi connectivity index (χ2v) is 12.4. The lowest BCUT2D eigenvalue weighted by atomic mass is 10.0. The number of benzene rings is 1. The molecule has 1 N–H and O–H groups in total. The van der Waals surface area contributed by atoms with Gasteiger partial charge in [0.05, 0.1) is 38.4 Å². The Morgan fingerprint density at radius 3 is 2.48 bits per heavy atom. The fourth-order valence-corrected chi connectivity index (χ4v) is 6.49. The molecule has 3 aromatic heterocycles. The van der Waals surface area contributed by atoms with Gasteiger partial charge in [-0.25, -0.2) is 13.8 Å². The van der Waals surface area contributed by atoms with Crippen molar-refractivity contribution in [3.8, 4) is 28.8 Å². The quantitative estimate of drug-likeness (QED) is 0.138. The van der Waals surface area contributed by atoms with Crippen molar-refractivity contribution in [2.75, 3.05) is 24.5 Å². The van der Waals surface area contributed by atoms with Crippen molar-refractivity contribution in [1.29, 1.82) is 5.26 Å². The summed E-state index contributed by atoms with van der Waals surface area (Å²) in [6.45, 7) is 11.7. The highest BCUT2D eigenvalue weighted by Gasteiger charge is 2.33. The Morgan fingerprint density at radius 2 is 1.87 bits per heavy atom. The van der Waals surface area contributed by atoms with Gasteiger partial charge >= 0.3 is 0 Å². The number of carbonyl (C=O) groups excluding carboxylic acids is 1. The molecular weight excluding hydrogens is 661 g/mol. The van der Waals surface area contributed by atoms with Gasteiger partial charge in [-0.05, 0) is 43.5 Å². The summed E-state index contributed by atoms with van der Waals surface area (Å²) in [7, 11) is 0. The second kappa shape index (κ2) is 12.5. The van der Waals surface area contributed by atoms with E-state index in [9.17, 15) is 28.7 Å². The van der Waals surface area contributed by atoms with E-state index in [0.717, 1.165) is 0 Å². The summed E-state index contributed by atoms with van der Waals surface area (Å²) in [6, 6.07) is 4.86. The molecule has 1 fully saturated rings. The molecule has 4 heterocycles. The Hall–Kier alpha value is -4.24. The maximum absolute atomic E-state index is 14.8. The number of anilines is 1. The largest absolute Gasteiger partial charge is 0.506 e. The van der Waals surface area contributed by atoms with Crippen LogP contribution in [0.2, 0.25) is 15.1 Å². The van der Waals surface area contributed by atoms with E-state index in [1.165, 1.54) is 16.7 Å². The molecule has 0 aliphatic carbocycles. The third-order valence-corrected chi connectivity index (χ3v) is 8.98. The zero-order valence-corrected chi connectivity index (χ0v) is 27.4. The Kier molecular flexibility index (Phi) is 9.01. The van der Waals surface area contributed by atoms with Crippen molar-refractivity contribution in [2.24, 2.45) is 0 Å². The number of aryl methyl sites for hydroxylation is 1. The van der Waals surface area contributed by atoms with E-state index < -0.39 is 38.6 Å². The Labute approximate surface area is 277 Å². The van der Waals surface area contributed by atoms with Gasteiger partial charge in [-0.1, -0.05) is 55.2 Å². The molecule has 1 aromatic carbocycles. The number of fused-ring (bicyclic) bond motifs is 1. The molecule has 1 aliphatic heterocycles. The molecule has 4 aromatic rings. The number of phenols is 1. The summed E-state index contributed by atoms with van der Waals surface area (Å²) in [5.74, 6) is -4.41. The first-order chi connectivity index (χ1) is 21.7. The van der Waals surface area contributed by atoms with Crippen LogP contribution in [0.4, 0.5) is 14.5 Å². The minimum absolute atomic E-state index is 0.0232. The van der Waals surface area contributed by atoms with Crippen LogP contribution in [0.1, 0.15) is 43.5 Å². The molecular formula is C32H27Cl3F2N6O3. The van der Waals surface area contributed by atoms with Gasteiger partial charge < -0.3 is 14.9 Å². The highest BCUT2D eigenvalue weighted by atomic mass is 35.5. The van der Waals surface area contributed by atoms with E-state index in [2.05, 4.69) is 22.6 Å². The zero-order chi connectivity index (χ0) is 33.8. The highest BCUT2D eigenvalue weighted by Crippen LogP contribution is 2.47. The average Bonchev–Trinajstić information content (AvgIpc) is 3.02. The maximum atomic E-state index is 14.8. The van der Waals surface area contributed by atoms with Gasteiger partial charge in [0.1, 0.15) is 28.1 Å². The summed E-state index contributed by atoms with van der Waals surface area (Å²) in [5.41, 5.74) is 0.0314. The standard InChI is InChI=1S/C32H27Cl3F2N6O3/c1-6-20(44)42-10-9-41(13-16(42)5)29-17-11-19(33)27(21-22(34)24(36)25(37)23(35)30(21)45)40-31(17)43(32(46)18(29)12-38)28-15(4)7-8-39-26(28)14(2)3/h6-8,11,14,16,45H,1,9-10,13H2,2-5H3/t16-/m1/s1. The molecule has 0 saturated carbocycles. The number of nitrogens with zero attached hydrogens (tertiary/aromatic N) is 6. The van der Waals surface area contributed by atoms with Gasteiger partial charge in [-0.15, -0.1) is 0 Å². The maximum Gasteiger partial charge on any atom is 0.276 e. The highest BCUT2D eigenvalue weighted by molar-refractivity contribution is 6.39. The predicted molar refractivity (Wildman–Crippen MR) is 174 cm³/mol. The van der Waals surface area contributed by atoms with E-state index in [1.54, 1.807) is 29.0 Å². The lowest BCUT2D eigenvalue weighted by molar-refractivity contribution is -0.128. The topological polar surface area (TPSA) is 115 Å². The molecule has 0 unspecified atom stereocenters. The van der Waals surface area contributed by atoms with E-state index in [1.807, 2.05) is 20.8 Å². The number of piperazine rings is 1. The minimum atomic E-state index is -1.56. The molecule has 1 aliphatic rings. The Bertz CT molecular complexity index is 2030. The molecule has 9 nitrogen and oxygen atoms in total. The monoisotopic (exact) mass is 686 g/mol. The van der Waals surface area contributed by atoms with Crippen LogP contribution < -0.4 is 10.5 Å². The number of rotatable bonds is 5. The Morgan fingerprint density at radius 1 is 1.20 bits per heavy atom. The first kappa shape index (κ1) is 33.1. The molecule has 0 bridgehead atoms. The number of pyridine rings is 3. The second-order valence-electron chi connectivity index (χ2n) is 11.2. The van der Waals surface area contributed by atoms with E-state index in [-0.39, 0.29) is 70.5 Å². The van der Waals surface area contributed by atoms with Crippen LogP contribution in [-0.4, -0.2) is 56.1 Å². The molecule has 46 heavy (non-hydrogen) atoms. The molecule has 0 radical (unpaired) electrons. The van der Waals surface area contributed by atoms with Crippen molar-refractivity contribution >= 4 is 57.4 Å². The summed E-state index contributed by atoms with van der Waals surface area (Å²) in [4.78, 5) is 39.5.